The SMILES string of the molecule is C=CCNC(=O)[C@@H](C)Sc1nc2ccccc2c(=O)n1-c1ccc(OC)cc1. The fourth-order valence-electron chi connectivity index (χ4n) is 2.68. The molecule has 3 aromatic rings. The van der Waals surface area contributed by atoms with Crippen LogP contribution in [-0.2, 0) is 4.79 Å². The largest absolute Gasteiger partial charge is 0.497 e. The minimum absolute atomic E-state index is 0.145. The van der Waals surface area contributed by atoms with Crippen LogP contribution in [0.2, 0.25) is 0 Å². The van der Waals surface area contributed by atoms with E-state index in [2.05, 4.69) is 16.9 Å². The topological polar surface area (TPSA) is 73.2 Å². The van der Waals surface area contributed by atoms with Crippen LogP contribution in [0.1, 0.15) is 6.92 Å². The van der Waals surface area contributed by atoms with E-state index < -0.39 is 5.25 Å². The number of ether oxygens (including phenoxy) is 1. The van der Waals surface area contributed by atoms with E-state index in [0.717, 1.165) is 0 Å². The molecule has 28 heavy (non-hydrogen) atoms. The molecule has 2 aromatic carbocycles. The van der Waals surface area contributed by atoms with Crippen molar-refractivity contribution >= 4 is 28.6 Å². The van der Waals surface area contributed by atoms with Crippen LogP contribution in [0, 0.1) is 0 Å². The van der Waals surface area contributed by atoms with Gasteiger partial charge in [0.1, 0.15) is 5.75 Å². The van der Waals surface area contributed by atoms with Gasteiger partial charge in [-0.3, -0.25) is 14.2 Å². The monoisotopic (exact) mass is 395 g/mol. The average molecular weight is 395 g/mol. The highest BCUT2D eigenvalue weighted by Crippen LogP contribution is 2.26. The van der Waals surface area contributed by atoms with Gasteiger partial charge in [0.05, 0.1) is 29.0 Å². The van der Waals surface area contributed by atoms with Gasteiger partial charge in [-0.15, -0.1) is 6.58 Å². The van der Waals surface area contributed by atoms with Gasteiger partial charge in [0, 0.05) is 6.54 Å². The van der Waals surface area contributed by atoms with Crippen molar-refractivity contribution in [2.75, 3.05) is 13.7 Å². The molecule has 0 radical (unpaired) electrons. The number of fused-ring (bicyclic) bond motifs is 1. The molecule has 0 aliphatic rings. The Morgan fingerprint density at radius 1 is 1.29 bits per heavy atom. The lowest BCUT2D eigenvalue weighted by Crippen LogP contribution is -2.32. The van der Waals surface area contributed by atoms with E-state index in [1.165, 1.54) is 16.3 Å². The number of aromatic nitrogens is 2. The van der Waals surface area contributed by atoms with Gasteiger partial charge in [0.2, 0.25) is 5.91 Å². The number of carbonyl (C=O) groups excluding carboxylic acids is 1. The first-order chi connectivity index (χ1) is 13.5. The number of amides is 1. The molecule has 6 nitrogen and oxygen atoms in total. The summed E-state index contributed by atoms with van der Waals surface area (Å²) in [7, 11) is 1.59. The number of hydrogen-bond acceptors (Lipinski definition) is 5. The van der Waals surface area contributed by atoms with E-state index in [-0.39, 0.29) is 11.5 Å². The maximum Gasteiger partial charge on any atom is 0.266 e. The average Bonchev–Trinajstić information content (AvgIpc) is 2.72. The summed E-state index contributed by atoms with van der Waals surface area (Å²) >= 11 is 1.24. The molecule has 1 aromatic heterocycles. The molecular weight excluding hydrogens is 374 g/mol. The third kappa shape index (κ3) is 4.09. The van der Waals surface area contributed by atoms with E-state index in [4.69, 9.17) is 4.74 Å². The Morgan fingerprint density at radius 2 is 2.00 bits per heavy atom. The molecule has 0 spiro atoms. The lowest BCUT2D eigenvalue weighted by molar-refractivity contribution is -0.120. The molecule has 0 aliphatic carbocycles. The van der Waals surface area contributed by atoms with Crippen LogP contribution < -0.4 is 15.6 Å². The lowest BCUT2D eigenvalue weighted by Gasteiger charge is -2.16. The summed E-state index contributed by atoms with van der Waals surface area (Å²) < 4.78 is 6.73. The smallest absolute Gasteiger partial charge is 0.266 e. The maximum absolute atomic E-state index is 13.2. The molecule has 0 saturated carbocycles. The van der Waals surface area contributed by atoms with Gasteiger partial charge in [-0.05, 0) is 43.3 Å². The van der Waals surface area contributed by atoms with Gasteiger partial charge in [0.15, 0.2) is 5.16 Å². The minimum Gasteiger partial charge on any atom is -0.497 e. The third-order valence-corrected chi connectivity index (χ3v) is 5.20. The summed E-state index contributed by atoms with van der Waals surface area (Å²) in [5.74, 6) is 0.547. The fraction of sp³-hybridized carbons (Fsp3) is 0.190. The predicted octanol–water partition coefficient (Wildman–Crippen LogP) is 3.18. The second kappa shape index (κ2) is 8.75. The molecule has 0 aliphatic heterocycles. The van der Waals surface area contributed by atoms with E-state index in [1.54, 1.807) is 56.5 Å². The minimum atomic E-state index is -0.433. The van der Waals surface area contributed by atoms with Crippen molar-refractivity contribution in [1.29, 1.82) is 0 Å². The summed E-state index contributed by atoms with van der Waals surface area (Å²) in [6.45, 7) is 5.77. The number of benzene rings is 2. The second-order valence-corrected chi connectivity index (χ2v) is 7.35. The number of para-hydroxylation sites is 1. The van der Waals surface area contributed by atoms with Crippen LogP contribution in [0.4, 0.5) is 0 Å². The highest BCUT2D eigenvalue weighted by atomic mass is 32.2. The van der Waals surface area contributed by atoms with Gasteiger partial charge < -0.3 is 10.1 Å². The number of methoxy groups -OCH3 is 1. The highest BCUT2D eigenvalue weighted by Gasteiger charge is 2.20. The second-order valence-electron chi connectivity index (χ2n) is 6.04. The molecule has 1 N–H and O–H groups in total. The molecule has 0 bridgehead atoms. The Bertz CT molecular complexity index is 1060. The van der Waals surface area contributed by atoms with E-state index in [9.17, 15) is 9.59 Å². The number of rotatable bonds is 7. The van der Waals surface area contributed by atoms with Crippen molar-refractivity contribution in [3.8, 4) is 11.4 Å². The van der Waals surface area contributed by atoms with Crippen molar-refractivity contribution in [2.24, 2.45) is 0 Å². The van der Waals surface area contributed by atoms with Crippen molar-refractivity contribution < 1.29 is 9.53 Å². The van der Waals surface area contributed by atoms with Crippen molar-refractivity contribution in [3.63, 3.8) is 0 Å². The Hall–Kier alpha value is -3.06. The molecular formula is C21H21N3O3S. The maximum atomic E-state index is 13.2. The highest BCUT2D eigenvalue weighted by molar-refractivity contribution is 8.00. The number of nitrogens with zero attached hydrogens (tertiary/aromatic N) is 2. The Labute approximate surface area is 167 Å². The zero-order valence-corrected chi connectivity index (χ0v) is 16.5. The Kier molecular flexibility index (Phi) is 6.16. The molecule has 1 heterocycles. The van der Waals surface area contributed by atoms with Gasteiger partial charge in [-0.1, -0.05) is 30.0 Å². The van der Waals surface area contributed by atoms with Crippen LogP contribution in [0.5, 0.6) is 5.75 Å². The van der Waals surface area contributed by atoms with E-state index >= 15 is 0 Å². The zero-order chi connectivity index (χ0) is 20.1. The summed E-state index contributed by atoms with van der Waals surface area (Å²) in [4.78, 5) is 30.1. The van der Waals surface area contributed by atoms with Crippen LogP contribution in [0.25, 0.3) is 16.6 Å². The first-order valence-electron chi connectivity index (χ1n) is 8.76. The normalized spacial score (nSPS) is 11.8. The van der Waals surface area contributed by atoms with Gasteiger partial charge >= 0.3 is 0 Å². The third-order valence-electron chi connectivity index (χ3n) is 4.15. The van der Waals surface area contributed by atoms with Crippen LogP contribution >= 0.6 is 11.8 Å². The fourth-order valence-corrected chi connectivity index (χ4v) is 3.63. The van der Waals surface area contributed by atoms with Crippen LogP contribution in [0.3, 0.4) is 0 Å². The zero-order valence-electron chi connectivity index (χ0n) is 15.7. The molecule has 144 valence electrons. The summed E-state index contributed by atoms with van der Waals surface area (Å²) in [6.07, 6.45) is 1.62. The van der Waals surface area contributed by atoms with Gasteiger partial charge in [-0.25, -0.2) is 4.98 Å². The Balaban J connectivity index is 2.10. The van der Waals surface area contributed by atoms with E-state index in [1.807, 2.05) is 12.1 Å². The van der Waals surface area contributed by atoms with Crippen molar-refractivity contribution in [3.05, 3.63) is 71.5 Å². The molecule has 1 amide bonds. The first kappa shape index (κ1) is 19.7. The first-order valence-corrected chi connectivity index (χ1v) is 9.64. The van der Waals surface area contributed by atoms with Crippen LogP contribution in [0.15, 0.2) is 71.1 Å². The quantitative estimate of drug-likeness (QED) is 0.378. The van der Waals surface area contributed by atoms with Crippen LogP contribution in [-0.4, -0.2) is 34.4 Å². The number of hydrogen-bond donors (Lipinski definition) is 1. The molecule has 7 heteroatoms. The molecule has 1 atom stereocenters. The van der Waals surface area contributed by atoms with Gasteiger partial charge in [0.25, 0.3) is 5.56 Å². The standard InChI is InChI=1S/C21H21N3O3S/c1-4-13-22-19(25)14(2)28-21-23-18-8-6-5-7-17(18)20(26)24(21)15-9-11-16(27-3)12-10-15/h4-12,14H,1,13H2,2-3H3,(H,22,25)/t14-/m1/s1. The van der Waals surface area contributed by atoms with Crippen molar-refractivity contribution in [2.45, 2.75) is 17.3 Å². The number of thioether (sulfide) groups is 1. The van der Waals surface area contributed by atoms with E-state index in [0.29, 0.717) is 34.0 Å². The Morgan fingerprint density at radius 3 is 2.68 bits per heavy atom. The van der Waals surface area contributed by atoms with Gasteiger partial charge in [-0.2, -0.15) is 0 Å². The lowest BCUT2D eigenvalue weighted by atomic mass is 10.2. The number of nitrogens with one attached hydrogen (secondary N) is 1. The predicted molar refractivity (Wildman–Crippen MR) is 112 cm³/mol. The summed E-state index contributed by atoms with van der Waals surface area (Å²) in [6, 6.07) is 14.3. The molecule has 0 fully saturated rings. The molecule has 0 saturated heterocycles. The van der Waals surface area contributed by atoms with Crippen molar-refractivity contribution in [1.82, 2.24) is 14.9 Å². The summed E-state index contributed by atoms with van der Waals surface area (Å²) in [5.41, 5.74) is 1.07. The summed E-state index contributed by atoms with van der Waals surface area (Å²) in [5, 5.41) is 3.31. The molecule has 3 rings (SSSR count). The number of carbonyl (C=O) groups is 1. The molecule has 0 unspecified atom stereocenters.